The Morgan fingerprint density at radius 3 is 2.74 bits per heavy atom. The fourth-order valence-corrected chi connectivity index (χ4v) is 4.11. The molecule has 0 radical (unpaired) electrons. The average molecular weight is 383 g/mol. The number of amides is 1. The van der Waals surface area contributed by atoms with Gasteiger partial charge in [0, 0.05) is 12.6 Å². The summed E-state index contributed by atoms with van der Waals surface area (Å²) in [5.41, 5.74) is 1.07. The van der Waals surface area contributed by atoms with E-state index in [1.54, 1.807) is 24.1 Å². The lowest BCUT2D eigenvalue weighted by molar-refractivity contribution is 0.0781. The van der Waals surface area contributed by atoms with Gasteiger partial charge in [0.15, 0.2) is 0 Å². The lowest BCUT2D eigenvalue weighted by atomic mass is 10.2. The smallest absolute Gasteiger partial charge is 0.268 e. The van der Waals surface area contributed by atoms with Crippen LogP contribution in [0.2, 0.25) is 0 Å². The van der Waals surface area contributed by atoms with E-state index in [1.807, 2.05) is 23.6 Å². The highest BCUT2D eigenvalue weighted by atomic mass is 32.1. The van der Waals surface area contributed by atoms with E-state index in [0.29, 0.717) is 27.7 Å². The summed E-state index contributed by atoms with van der Waals surface area (Å²) in [4.78, 5) is 33.5. The normalized spacial score (nSPS) is 14.6. The van der Waals surface area contributed by atoms with Crippen LogP contribution in [-0.2, 0) is 6.54 Å². The number of ether oxygens (including phenoxy) is 1. The van der Waals surface area contributed by atoms with Gasteiger partial charge in [0.05, 0.1) is 18.2 Å². The number of fused-ring (bicyclic) bond motifs is 1. The van der Waals surface area contributed by atoms with Crippen molar-refractivity contribution in [2.45, 2.75) is 38.3 Å². The molecule has 0 unspecified atom stereocenters. The molecule has 2 heterocycles. The Bertz CT molecular complexity index is 1000. The predicted octanol–water partition coefficient (Wildman–Crippen LogP) is 3.58. The van der Waals surface area contributed by atoms with E-state index in [-0.39, 0.29) is 18.0 Å². The Kier molecular flexibility index (Phi) is 4.94. The maximum Gasteiger partial charge on any atom is 0.268 e. The van der Waals surface area contributed by atoms with Crippen molar-refractivity contribution < 1.29 is 9.53 Å². The maximum atomic E-state index is 12.7. The van der Waals surface area contributed by atoms with Crippen LogP contribution in [0.25, 0.3) is 10.2 Å². The highest BCUT2D eigenvalue weighted by Crippen LogP contribution is 2.24. The largest absolute Gasteiger partial charge is 0.490 e. The summed E-state index contributed by atoms with van der Waals surface area (Å²) in [6.45, 7) is 0.236. The minimum atomic E-state index is -0.167. The van der Waals surface area contributed by atoms with Crippen LogP contribution >= 0.6 is 11.3 Å². The highest BCUT2D eigenvalue weighted by Gasteiger charge is 2.18. The van der Waals surface area contributed by atoms with Crippen LogP contribution in [0.5, 0.6) is 5.75 Å². The minimum Gasteiger partial charge on any atom is -0.490 e. The number of hydrogen-bond acceptors (Lipinski definition) is 5. The number of benzene rings is 1. The molecule has 0 atom stereocenters. The van der Waals surface area contributed by atoms with Gasteiger partial charge in [-0.15, -0.1) is 11.3 Å². The molecule has 27 heavy (non-hydrogen) atoms. The Morgan fingerprint density at radius 2 is 2.00 bits per heavy atom. The fraction of sp³-hybridized carbons (Fsp3) is 0.350. The topological polar surface area (TPSA) is 75.3 Å². The van der Waals surface area contributed by atoms with Crippen molar-refractivity contribution >= 4 is 27.5 Å². The first-order valence-electron chi connectivity index (χ1n) is 9.09. The third-order valence-corrected chi connectivity index (χ3v) is 5.71. The monoisotopic (exact) mass is 383 g/mol. The molecule has 1 aliphatic rings. The van der Waals surface area contributed by atoms with Gasteiger partial charge in [-0.2, -0.15) is 0 Å². The quantitative estimate of drug-likeness (QED) is 0.731. The zero-order chi connectivity index (χ0) is 18.8. The van der Waals surface area contributed by atoms with Gasteiger partial charge in [-0.3, -0.25) is 9.59 Å². The third kappa shape index (κ3) is 3.88. The minimum absolute atomic E-state index is 0.129. The summed E-state index contributed by atoms with van der Waals surface area (Å²) in [6.07, 6.45) is 4.94. The van der Waals surface area contributed by atoms with Gasteiger partial charge in [0.2, 0.25) is 0 Å². The molecule has 2 aromatic heterocycles. The molecule has 3 aromatic rings. The Morgan fingerprint density at radius 1 is 1.26 bits per heavy atom. The molecule has 1 aromatic carbocycles. The molecule has 1 aliphatic carbocycles. The zero-order valence-corrected chi connectivity index (χ0v) is 15.9. The van der Waals surface area contributed by atoms with Crippen LogP contribution in [0.1, 0.15) is 41.9 Å². The second kappa shape index (κ2) is 7.52. The number of rotatable bonds is 5. The van der Waals surface area contributed by atoms with Crippen LogP contribution < -0.4 is 10.3 Å². The van der Waals surface area contributed by atoms with Crippen molar-refractivity contribution in [1.29, 1.82) is 0 Å². The lowest BCUT2D eigenvalue weighted by Gasteiger charge is -2.17. The summed E-state index contributed by atoms with van der Waals surface area (Å²) in [7, 11) is 1.70. The molecular formula is C20H21N3O3S. The van der Waals surface area contributed by atoms with E-state index in [0.717, 1.165) is 18.6 Å². The van der Waals surface area contributed by atoms with E-state index < -0.39 is 0 Å². The summed E-state index contributed by atoms with van der Waals surface area (Å²) in [5, 5.41) is 1.83. The van der Waals surface area contributed by atoms with Crippen LogP contribution in [0.3, 0.4) is 0 Å². The molecule has 6 nitrogen and oxygen atoms in total. The SMILES string of the molecule is CN(Cc1nc2ccsc2c(=O)[nH]1)C(=O)c1ccc(OC2CCCC2)cc1. The number of aromatic nitrogens is 2. The number of H-pyrrole nitrogens is 1. The standard InChI is InChI=1S/C20H21N3O3S/c1-23(12-17-21-16-10-11-27-18(16)19(24)22-17)20(25)13-6-8-15(9-7-13)26-14-4-2-3-5-14/h6-11,14H,2-5,12H2,1H3,(H,21,22,24). The van der Waals surface area contributed by atoms with E-state index in [2.05, 4.69) is 9.97 Å². The number of nitrogens with one attached hydrogen (secondary N) is 1. The average Bonchev–Trinajstić information content (AvgIpc) is 3.33. The zero-order valence-electron chi connectivity index (χ0n) is 15.1. The first-order valence-corrected chi connectivity index (χ1v) is 9.97. The summed E-state index contributed by atoms with van der Waals surface area (Å²) < 4.78 is 6.54. The predicted molar refractivity (Wildman–Crippen MR) is 105 cm³/mol. The fourth-order valence-electron chi connectivity index (χ4n) is 3.39. The van der Waals surface area contributed by atoms with Crippen molar-refractivity contribution in [2.24, 2.45) is 0 Å². The maximum absolute atomic E-state index is 12.7. The number of hydrogen-bond donors (Lipinski definition) is 1. The second-order valence-corrected chi connectivity index (χ2v) is 7.77. The molecule has 7 heteroatoms. The van der Waals surface area contributed by atoms with Gasteiger partial charge in [-0.1, -0.05) is 0 Å². The van der Waals surface area contributed by atoms with Crippen molar-refractivity contribution in [2.75, 3.05) is 7.05 Å². The molecule has 1 amide bonds. The molecule has 0 aliphatic heterocycles. The van der Waals surface area contributed by atoms with E-state index in [9.17, 15) is 9.59 Å². The molecule has 4 rings (SSSR count). The molecule has 0 spiro atoms. The van der Waals surface area contributed by atoms with E-state index >= 15 is 0 Å². The van der Waals surface area contributed by atoms with E-state index in [4.69, 9.17) is 4.74 Å². The molecule has 1 N–H and O–H groups in total. The molecular weight excluding hydrogens is 362 g/mol. The highest BCUT2D eigenvalue weighted by molar-refractivity contribution is 7.17. The first kappa shape index (κ1) is 17.7. The molecule has 140 valence electrons. The molecule has 1 fully saturated rings. The Hall–Kier alpha value is -2.67. The van der Waals surface area contributed by atoms with Gasteiger partial charge >= 0.3 is 0 Å². The van der Waals surface area contributed by atoms with Crippen molar-refractivity contribution in [1.82, 2.24) is 14.9 Å². The Balaban J connectivity index is 1.43. The van der Waals surface area contributed by atoms with Gasteiger partial charge < -0.3 is 14.6 Å². The third-order valence-electron chi connectivity index (χ3n) is 4.80. The van der Waals surface area contributed by atoms with Crippen LogP contribution in [-0.4, -0.2) is 33.9 Å². The van der Waals surface area contributed by atoms with Gasteiger partial charge in [0.25, 0.3) is 11.5 Å². The van der Waals surface area contributed by atoms with Crippen molar-refractivity contribution in [3.63, 3.8) is 0 Å². The van der Waals surface area contributed by atoms with Gasteiger partial charge in [-0.25, -0.2) is 4.98 Å². The number of carbonyl (C=O) groups is 1. The van der Waals surface area contributed by atoms with Crippen molar-refractivity contribution in [3.8, 4) is 5.75 Å². The lowest BCUT2D eigenvalue weighted by Crippen LogP contribution is -2.28. The number of aromatic amines is 1. The Labute approximate surface area is 160 Å². The van der Waals surface area contributed by atoms with Gasteiger partial charge in [-0.05, 0) is 61.4 Å². The summed E-state index contributed by atoms with van der Waals surface area (Å²) >= 11 is 1.36. The van der Waals surface area contributed by atoms with E-state index in [1.165, 1.54) is 24.2 Å². The van der Waals surface area contributed by atoms with Gasteiger partial charge in [0.1, 0.15) is 16.3 Å². The summed E-state index contributed by atoms with van der Waals surface area (Å²) in [5.74, 6) is 1.15. The molecule has 1 saturated carbocycles. The van der Waals surface area contributed by atoms with Crippen LogP contribution in [0, 0.1) is 0 Å². The van der Waals surface area contributed by atoms with Crippen LogP contribution in [0.4, 0.5) is 0 Å². The number of nitrogens with zero attached hydrogens (tertiary/aromatic N) is 2. The second-order valence-electron chi connectivity index (χ2n) is 6.86. The van der Waals surface area contributed by atoms with Crippen molar-refractivity contribution in [3.05, 3.63) is 57.5 Å². The number of carbonyl (C=O) groups excluding carboxylic acids is 1. The molecule has 0 bridgehead atoms. The molecule has 0 saturated heterocycles. The summed E-state index contributed by atoms with van der Waals surface area (Å²) in [6, 6.07) is 9.06. The number of thiophene rings is 1. The first-order chi connectivity index (χ1) is 13.1. The van der Waals surface area contributed by atoms with Crippen LogP contribution in [0.15, 0.2) is 40.5 Å².